The zero-order chi connectivity index (χ0) is 20.8. The third kappa shape index (κ3) is 5.35. The van der Waals surface area contributed by atoms with Crippen LogP contribution in [0.1, 0.15) is 32.3 Å². The molecular formula is C21H27N2O6+. The van der Waals surface area contributed by atoms with E-state index in [4.69, 9.17) is 13.9 Å². The highest BCUT2D eigenvalue weighted by Crippen LogP contribution is 2.21. The zero-order valence-electron chi connectivity index (χ0n) is 16.8. The number of likely N-dealkylation sites (tertiary alicyclic amines) is 1. The van der Waals surface area contributed by atoms with Gasteiger partial charge < -0.3 is 18.8 Å². The number of amides is 1. The molecule has 0 bridgehead atoms. The summed E-state index contributed by atoms with van der Waals surface area (Å²) in [5.74, 6) is -0.146. The quantitative estimate of drug-likeness (QED) is 0.563. The topological polar surface area (TPSA) is 99.3 Å². The van der Waals surface area contributed by atoms with Crippen molar-refractivity contribution in [1.29, 1.82) is 0 Å². The van der Waals surface area contributed by atoms with E-state index in [0.29, 0.717) is 24.4 Å². The molecule has 29 heavy (non-hydrogen) atoms. The molecule has 2 heterocycles. The predicted octanol–water partition coefficient (Wildman–Crippen LogP) is 1.72. The van der Waals surface area contributed by atoms with Crippen LogP contribution in [0.2, 0.25) is 0 Å². The van der Waals surface area contributed by atoms with Crippen molar-refractivity contribution in [2.45, 2.75) is 33.2 Å². The molecule has 156 valence electrons. The lowest BCUT2D eigenvalue weighted by molar-refractivity contribution is -0.919. The van der Waals surface area contributed by atoms with Crippen LogP contribution in [-0.4, -0.2) is 38.4 Å². The highest BCUT2D eigenvalue weighted by Gasteiger charge is 2.28. The molecule has 0 atom stereocenters. The van der Waals surface area contributed by atoms with Gasteiger partial charge in [0.15, 0.2) is 0 Å². The predicted molar refractivity (Wildman–Crippen MR) is 107 cm³/mol. The zero-order valence-corrected chi connectivity index (χ0v) is 16.8. The summed E-state index contributed by atoms with van der Waals surface area (Å²) in [6.07, 6.45) is 1.00. The highest BCUT2D eigenvalue weighted by atomic mass is 16.5. The summed E-state index contributed by atoms with van der Waals surface area (Å²) in [4.78, 5) is 36.9. The fraction of sp³-hybridized carbons (Fsp3) is 0.476. The second-order valence-corrected chi connectivity index (χ2v) is 7.10. The maximum absolute atomic E-state index is 12.0. The molecule has 3 rings (SSSR count). The molecule has 1 fully saturated rings. The van der Waals surface area contributed by atoms with E-state index in [2.05, 4.69) is 5.32 Å². The first-order valence-corrected chi connectivity index (χ1v) is 10.0. The Kier molecular flexibility index (Phi) is 6.87. The molecule has 8 nitrogen and oxygen atoms in total. The Labute approximate surface area is 168 Å². The van der Waals surface area contributed by atoms with Gasteiger partial charge in [0, 0.05) is 41.6 Å². The van der Waals surface area contributed by atoms with Gasteiger partial charge in [-0.2, -0.15) is 0 Å². The van der Waals surface area contributed by atoms with Crippen LogP contribution in [0.25, 0.3) is 11.0 Å². The fourth-order valence-electron chi connectivity index (χ4n) is 3.71. The number of fused-ring (bicyclic) bond motifs is 1. The van der Waals surface area contributed by atoms with Crippen LogP contribution >= 0.6 is 0 Å². The van der Waals surface area contributed by atoms with Gasteiger partial charge in [-0.15, -0.1) is 0 Å². The molecule has 1 amide bonds. The number of benzene rings is 1. The lowest BCUT2D eigenvalue weighted by Gasteiger charge is -2.28. The molecule has 1 saturated heterocycles. The molecule has 1 aliphatic rings. The number of carbonyl (C=O) groups is 2. The van der Waals surface area contributed by atoms with Gasteiger partial charge in [-0.25, -0.2) is 9.59 Å². The van der Waals surface area contributed by atoms with Gasteiger partial charge in [0.05, 0.1) is 32.2 Å². The average molecular weight is 403 g/mol. The van der Waals surface area contributed by atoms with Gasteiger partial charge in [-0.05, 0) is 26.0 Å². The van der Waals surface area contributed by atoms with Crippen LogP contribution in [0.3, 0.4) is 0 Å². The number of hydrogen-bond acceptors (Lipinski definition) is 6. The van der Waals surface area contributed by atoms with Crippen LogP contribution in [0.15, 0.2) is 33.5 Å². The molecule has 0 spiro atoms. The third-order valence-electron chi connectivity index (χ3n) is 5.11. The molecule has 1 aromatic heterocycles. The summed E-state index contributed by atoms with van der Waals surface area (Å²) < 4.78 is 15.3. The molecule has 1 aliphatic heterocycles. The summed E-state index contributed by atoms with van der Waals surface area (Å²) in [6.45, 7) is 6.57. The largest absolute Gasteiger partial charge is 0.466 e. The Hall–Kier alpha value is -2.87. The average Bonchev–Trinajstić information content (AvgIpc) is 2.68. The Balaban J connectivity index is 1.72. The van der Waals surface area contributed by atoms with Crippen molar-refractivity contribution in [2.75, 3.05) is 31.6 Å². The van der Waals surface area contributed by atoms with Crippen molar-refractivity contribution in [3.8, 4) is 0 Å². The Morgan fingerprint density at radius 1 is 1.14 bits per heavy atom. The van der Waals surface area contributed by atoms with E-state index in [1.54, 1.807) is 19.1 Å². The standard InChI is InChI=1S/C21H26N2O6/c1-3-27-20(25)14-7-9-23(10-8-14)13-15-11-19(24)29-18-12-16(5-6-17(15)18)22-21(26)28-4-2/h5-6,11-12,14H,3-4,7-10,13H2,1-2H3,(H,22,26)/p+1. The number of piperidine rings is 1. The Morgan fingerprint density at radius 3 is 2.55 bits per heavy atom. The number of ether oxygens (including phenoxy) is 2. The minimum absolute atomic E-state index is 0.0344. The smallest absolute Gasteiger partial charge is 0.411 e. The van der Waals surface area contributed by atoms with Crippen LogP contribution in [-0.2, 0) is 20.8 Å². The Bertz CT molecular complexity index is 930. The molecule has 0 aliphatic carbocycles. The number of rotatable bonds is 6. The normalized spacial score (nSPS) is 19.0. The highest BCUT2D eigenvalue weighted by molar-refractivity contribution is 5.89. The van der Waals surface area contributed by atoms with Gasteiger partial charge in [0.1, 0.15) is 12.1 Å². The first kappa shape index (κ1) is 20.9. The summed E-state index contributed by atoms with van der Waals surface area (Å²) in [5, 5.41) is 3.44. The van der Waals surface area contributed by atoms with Crippen LogP contribution in [0.4, 0.5) is 10.5 Å². The van der Waals surface area contributed by atoms with Crippen LogP contribution in [0, 0.1) is 5.92 Å². The number of anilines is 1. The second kappa shape index (κ2) is 9.56. The van der Waals surface area contributed by atoms with Gasteiger partial charge in [0.2, 0.25) is 0 Å². The molecule has 0 saturated carbocycles. The van der Waals surface area contributed by atoms with Crippen molar-refractivity contribution in [2.24, 2.45) is 5.92 Å². The SMILES string of the molecule is CCOC(=O)Nc1ccc2c(C[NH+]3CCC(C(=O)OCC)CC3)cc(=O)oc2c1. The molecule has 2 N–H and O–H groups in total. The minimum atomic E-state index is -0.556. The van der Waals surface area contributed by atoms with Crippen LogP contribution < -0.4 is 15.8 Å². The number of nitrogens with one attached hydrogen (secondary N) is 2. The van der Waals surface area contributed by atoms with E-state index >= 15 is 0 Å². The van der Waals surface area contributed by atoms with E-state index in [1.807, 2.05) is 13.0 Å². The maximum atomic E-state index is 12.0. The van der Waals surface area contributed by atoms with E-state index in [1.165, 1.54) is 11.0 Å². The first-order valence-electron chi connectivity index (χ1n) is 10.0. The molecule has 0 radical (unpaired) electrons. The number of quaternary nitrogens is 1. The molecule has 1 aromatic carbocycles. The summed E-state index contributed by atoms with van der Waals surface area (Å²) in [7, 11) is 0. The van der Waals surface area contributed by atoms with Crippen molar-refractivity contribution >= 4 is 28.7 Å². The van der Waals surface area contributed by atoms with E-state index in [9.17, 15) is 14.4 Å². The summed E-state index contributed by atoms with van der Waals surface area (Å²) in [5.41, 5.74) is 1.38. The van der Waals surface area contributed by atoms with E-state index < -0.39 is 11.7 Å². The third-order valence-corrected chi connectivity index (χ3v) is 5.11. The van der Waals surface area contributed by atoms with Gasteiger partial charge in [-0.3, -0.25) is 10.1 Å². The lowest BCUT2D eigenvalue weighted by Crippen LogP contribution is -3.11. The van der Waals surface area contributed by atoms with E-state index in [-0.39, 0.29) is 18.5 Å². The number of carbonyl (C=O) groups excluding carboxylic acids is 2. The molecular weight excluding hydrogens is 376 g/mol. The summed E-state index contributed by atoms with van der Waals surface area (Å²) >= 11 is 0. The van der Waals surface area contributed by atoms with Crippen molar-refractivity contribution < 1.29 is 28.4 Å². The number of hydrogen-bond donors (Lipinski definition) is 2. The van der Waals surface area contributed by atoms with E-state index in [0.717, 1.165) is 36.9 Å². The molecule has 8 heteroatoms. The molecule has 0 unspecified atom stereocenters. The van der Waals surface area contributed by atoms with Gasteiger partial charge in [0.25, 0.3) is 0 Å². The monoisotopic (exact) mass is 403 g/mol. The van der Waals surface area contributed by atoms with Crippen molar-refractivity contribution in [3.05, 3.63) is 40.2 Å². The number of esters is 1. The van der Waals surface area contributed by atoms with Crippen molar-refractivity contribution in [1.82, 2.24) is 0 Å². The minimum Gasteiger partial charge on any atom is -0.466 e. The Morgan fingerprint density at radius 2 is 1.86 bits per heavy atom. The first-order chi connectivity index (χ1) is 14.0. The van der Waals surface area contributed by atoms with Crippen molar-refractivity contribution in [3.63, 3.8) is 0 Å². The fourth-order valence-corrected chi connectivity index (χ4v) is 3.71. The summed E-state index contributed by atoms with van der Waals surface area (Å²) in [6, 6.07) is 6.73. The molecule has 2 aromatic rings. The second-order valence-electron chi connectivity index (χ2n) is 7.10. The maximum Gasteiger partial charge on any atom is 0.411 e. The lowest BCUT2D eigenvalue weighted by atomic mass is 9.96. The van der Waals surface area contributed by atoms with Gasteiger partial charge >= 0.3 is 17.7 Å². The van der Waals surface area contributed by atoms with Gasteiger partial charge in [-0.1, -0.05) is 0 Å². The van der Waals surface area contributed by atoms with Crippen LogP contribution in [0.5, 0.6) is 0 Å².